The fourth-order valence-corrected chi connectivity index (χ4v) is 0.778. The molecular formula is C8H14N4. The van der Waals surface area contributed by atoms with Crippen molar-refractivity contribution < 1.29 is 0 Å². The highest BCUT2D eigenvalue weighted by Gasteiger charge is 1.95. The van der Waals surface area contributed by atoms with Crippen LogP contribution in [0.2, 0.25) is 0 Å². The highest BCUT2D eigenvalue weighted by atomic mass is 15.0. The molecule has 1 rings (SSSR count). The molecule has 1 heterocycles. The summed E-state index contributed by atoms with van der Waals surface area (Å²) in [4.78, 5) is 7.77. The molecule has 3 N–H and O–H groups in total. The summed E-state index contributed by atoms with van der Waals surface area (Å²) in [5.41, 5.74) is 6.39. The van der Waals surface area contributed by atoms with Crippen LogP contribution in [-0.2, 0) is 6.54 Å². The smallest absolute Gasteiger partial charge is 0.219 e. The normalized spacial score (nSPS) is 10.6. The Labute approximate surface area is 72.2 Å². The summed E-state index contributed by atoms with van der Waals surface area (Å²) in [6.07, 6.45) is 3.47. The molecule has 0 spiro atoms. The molecule has 0 amide bonds. The zero-order chi connectivity index (χ0) is 8.97. The highest BCUT2D eigenvalue weighted by Crippen LogP contribution is 1.96. The summed E-state index contributed by atoms with van der Waals surface area (Å²) in [6.45, 7) is 4.98. The maximum Gasteiger partial charge on any atom is 0.219 e. The summed E-state index contributed by atoms with van der Waals surface area (Å²) in [6, 6.07) is 0.475. The lowest BCUT2D eigenvalue weighted by Gasteiger charge is -2.06. The van der Waals surface area contributed by atoms with Gasteiger partial charge in [0.1, 0.15) is 0 Å². The third-order valence-corrected chi connectivity index (χ3v) is 1.44. The number of hydrogen-bond acceptors (Lipinski definition) is 4. The van der Waals surface area contributed by atoms with Gasteiger partial charge in [-0.1, -0.05) is 13.8 Å². The zero-order valence-electron chi connectivity index (χ0n) is 7.41. The van der Waals surface area contributed by atoms with E-state index in [4.69, 9.17) is 5.73 Å². The van der Waals surface area contributed by atoms with Crippen LogP contribution in [0.15, 0.2) is 12.4 Å². The van der Waals surface area contributed by atoms with Crippen LogP contribution in [0.5, 0.6) is 0 Å². The number of nitrogens with two attached hydrogens (primary N) is 1. The Bertz CT molecular complexity index is 229. The van der Waals surface area contributed by atoms with Crippen LogP contribution in [0.1, 0.15) is 19.4 Å². The second-order valence-electron chi connectivity index (χ2n) is 2.99. The molecule has 0 aliphatic carbocycles. The molecule has 0 atom stereocenters. The maximum absolute atomic E-state index is 5.34. The van der Waals surface area contributed by atoms with Crippen LogP contribution in [0.4, 0.5) is 5.95 Å². The monoisotopic (exact) mass is 166 g/mol. The molecule has 0 aromatic carbocycles. The van der Waals surface area contributed by atoms with Crippen LogP contribution in [0.25, 0.3) is 0 Å². The first-order valence-electron chi connectivity index (χ1n) is 3.98. The van der Waals surface area contributed by atoms with Crippen molar-refractivity contribution in [3.05, 3.63) is 18.0 Å². The van der Waals surface area contributed by atoms with Gasteiger partial charge in [-0.3, -0.25) is 0 Å². The molecular weight excluding hydrogens is 152 g/mol. The molecule has 1 aromatic rings. The first-order chi connectivity index (χ1) is 5.68. The van der Waals surface area contributed by atoms with E-state index in [1.165, 1.54) is 0 Å². The molecule has 0 unspecified atom stereocenters. The third-order valence-electron chi connectivity index (χ3n) is 1.44. The van der Waals surface area contributed by atoms with Crippen molar-refractivity contribution in [1.29, 1.82) is 0 Å². The van der Waals surface area contributed by atoms with E-state index in [0.29, 0.717) is 12.0 Å². The Kier molecular flexibility index (Phi) is 2.99. The van der Waals surface area contributed by atoms with Crippen molar-refractivity contribution in [1.82, 2.24) is 15.3 Å². The lowest BCUT2D eigenvalue weighted by atomic mass is 10.3. The molecule has 12 heavy (non-hydrogen) atoms. The molecule has 0 aliphatic heterocycles. The van der Waals surface area contributed by atoms with E-state index in [1.807, 2.05) is 0 Å². The number of rotatable bonds is 3. The van der Waals surface area contributed by atoms with Gasteiger partial charge in [0, 0.05) is 30.5 Å². The number of hydrogen-bond donors (Lipinski definition) is 2. The zero-order valence-corrected chi connectivity index (χ0v) is 7.41. The lowest BCUT2D eigenvalue weighted by molar-refractivity contribution is 0.587. The molecule has 1 aromatic heterocycles. The van der Waals surface area contributed by atoms with Gasteiger partial charge in [-0.2, -0.15) is 0 Å². The van der Waals surface area contributed by atoms with Crippen molar-refractivity contribution >= 4 is 5.95 Å². The second-order valence-corrected chi connectivity index (χ2v) is 2.99. The van der Waals surface area contributed by atoms with E-state index in [-0.39, 0.29) is 0 Å². The van der Waals surface area contributed by atoms with Gasteiger partial charge in [-0.05, 0) is 0 Å². The molecule has 0 aliphatic rings. The number of nitrogen functional groups attached to an aromatic ring is 1. The summed E-state index contributed by atoms with van der Waals surface area (Å²) in [5.74, 6) is 0.322. The molecule has 4 heteroatoms. The molecule has 0 saturated carbocycles. The summed E-state index contributed by atoms with van der Waals surface area (Å²) in [7, 11) is 0. The van der Waals surface area contributed by atoms with Crippen LogP contribution in [0.3, 0.4) is 0 Å². The van der Waals surface area contributed by atoms with Gasteiger partial charge >= 0.3 is 0 Å². The van der Waals surface area contributed by atoms with Gasteiger partial charge in [0.15, 0.2) is 0 Å². The van der Waals surface area contributed by atoms with Gasteiger partial charge < -0.3 is 11.1 Å². The van der Waals surface area contributed by atoms with E-state index in [9.17, 15) is 0 Å². The van der Waals surface area contributed by atoms with Crippen molar-refractivity contribution in [2.75, 3.05) is 5.73 Å². The Balaban J connectivity index is 2.48. The van der Waals surface area contributed by atoms with Gasteiger partial charge in [0.05, 0.1) is 0 Å². The standard InChI is InChI=1S/C8H14N4/c1-6(2)10-3-7-4-11-8(9)12-5-7/h4-6,10H,3H2,1-2H3,(H2,9,11,12). The van der Waals surface area contributed by atoms with Gasteiger partial charge in [-0.15, -0.1) is 0 Å². The van der Waals surface area contributed by atoms with Crippen LogP contribution in [-0.4, -0.2) is 16.0 Å². The minimum atomic E-state index is 0.322. The van der Waals surface area contributed by atoms with Crippen molar-refractivity contribution in [2.45, 2.75) is 26.4 Å². The van der Waals surface area contributed by atoms with E-state index < -0.39 is 0 Å². The lowest BCUT2D eigenvalue weighted by Crippen LogP contribution is -2.22. The average molecular weight is 166 g/mol. The topological polar surface area (TPSA) is 63.8 Å². The molecule has 0 fully saturated rings. The fraction of sp³-hybridized carbons (Fsp3) is 0.500. The van der Waals surface area contributed by atoms with E-state index in [0.717, 1.165) is 12.1 Å². The summed E-state index contributed by atoms with van der Waals surface area (Å²) < 4.78 is 0. The van der Waals surface area contributed by atoms with Crippen molar-refractivity contribution in [3.8, 4) is 0 Å². The Hall–Kier alpha value is -1.16. The maximum atomic E-state index is 5.34. The van der Waals surface area contributed by atoms with Gasteiger partial charge in [-0.25, -0.2) is 9.97 Å². The van der Waals surface area contributed by atoms with Crippen LogP contribution in [0, 0.1) is 0 Å². The van der Waals surface area contributed by atoms with Gasteiger partial charge in [0.25, 0.3) is 0 Å². The fourth-order valence-electron chi connectivity index (χ4n) is 0.778. The van der Waals surface area contributed by atoms with E-state index in [2.05, 4.69) is 29.1 Å². The minimum Gasteiger partial charge on any atom is -0.368 e. The average Bonchev–Trinajstić information content (AvgIpc) is 2.03. The highest BCUT2D eigenvalue weighted by molar-refractivity contribution is 5.16. The van der Waals surface area contributed by atoms with Crippen LogP contribution >= 0.6 is 0 Å². The van der Waals surface area contributed by atoms with Crippen molar-refractivity contribution in [2.24, 2.45) is 0 Å². The molecule has 0 bridgehead atoms. The SMILES string of the molecule is CC(C)NCc1cnc(N)nc1. The second kappa shape index (κ2) is 4.01. The molecule has 0 radical (unpaired) electrons. The first kappa shape index (κ1) is 8.93. The first-order valence-corrected chi connectivity index (χ1v) is 3.98. The van der Waals surface area contributed by atoms with Crippen molar-refractivity contribution in [3.63, 3.8) is 0 Å². The van der Waals surface area contributed by atoms with E-state index >= 15 is 0 Å². The summed E-state index contributed by atoms with van der Waals surface area (Å²) in [5, 5.41) is 3.26. The molecule has 4 nitrogen and oxygen atoms in total. The minimum absolute atomic E-state index is 0.322. The van der Waals surface area contributed by atoms with Crippen LogP contribution < -0.4 is 11.1 Å². The van der Waals surface area contributed by atoms with Gasteiger partial charge in [0.2, 0.25) is 5.95 Å². The predicted molar refractivity (Wildman–Crippen MR) is 48.4 cm³/mol. The largest absolute Gasteiger partial charge is 0.368 e. The summed E-state index contributed by atoms with van der Waals surface area (Å²) >= 11 is 0. The predicted octanol–water partition coefficient (Wildman–Crippen LogP) is 0.557. The number of nitrogens with one attached hydrogen (secondary N) is 1. The molecule has 66 valence electrons. The third kappa shape index (κ3) is 2.84. The number of anilines is 1. The van der Waals surface area contributed by atoms with E-state index in [1.54, 1.807) is 12.4 Å². The Morgan fingerprint density at radius 3 is 2.50 bits per heavy atom. The molecule has 0 saturated heterocycles. The number of nitrogens with zero attached hydrogens (tertiary/aromatic N) is 2. The Morgan fingerprint density at radius 2 is 2.00 bits per heavy atom. The number of aromatic nitrogens is 2. The Morgan fingerprint density at radius 1 is 1.42 bits per heavy atom. The quantitative estimate of drug-likeness (QED) is 0.688.